The number of halogens is 1. The van der Waals surface area contributed by atoms with Crippen LogP contribution in [0.25, 0.3) is 0 Å². The van der Waals surface area contributed by atoms with E-state index in [0.717, 1.165) is 50.5 Å². The molecule has 1 saturated carbocycles. The first-order valence-corrected chi connectivity index (χ1v) is 13.0. The number of nitrogens with one attached hydrogen (secondary N) is 1. The Balaban J connectivity index is 0.00000533. The highest BCUT2D eigenvalue weighted by Gasteiger charge is 2.22. The van der Waals surface area contributed by atoms with Crippen molar-refractivity contribution in [2.24, 2.45) is 16.5 Å². The van der Waals surface area contributed by atoms with Gasteiger partial charge in [-0.1, -0.05) is 37.6 Å². The Morgan fingerprint density at radius 2 is 1.77 bits per heavy atom. The largest absolute Gasteiger partial charge is 0.491 e. The number of carbonyl (C=O) groups is 2. The molecule has 0 bridgehead atoms. The van der Waals surface area contributed by atoms with Gasteiger partial charge in [-0.25, -0.2) is 9.97 Å². The highest BCUT2D eigenvalue weighted by Crippen LogP contribution is 2.21. The third-order valence-corrected chi connectivity index (χ3v) is 6.29. The Bertz CT molecular complexity index is 1120. The summed E-state index contributed by atoms with van der Waals surface area (Å²) in [5.74, 6) is -0.748. The lowest BCUT2D eigenvalue weighted by Crippen LogP contribution is -2.40. The van der Waals surface area contributed by atoms with Crippen LogP contribution in [0.2, 0.25) is 5.15 Å². The number of esters is 1. The van der Waals surface area contributed by atoms with Crippen LogP contribution >= 0.6 is 11.6 Å². The first kappa shape index (κ1) is 31.6. The van der Waals surface area contributed by atoms with Crippen molar-refractivity contribution < 1.29 is 19.1 Å². The van der Waals surface area contributed by atoms with E-state index in [9.17, 15) is 9.59 Å². The van der Waals surface area contributed by atoms with E-state index in [2.05, 4.69) is 20.3 Å². The van der Waals surface area contributed by atoms with Crippen molar-refractivity contribution in [2.75, 3.05) is 24.6 Å². The number of amides is 1. The maximum atomic E-state index is 12.2. The van der Waals surface area contributed by atoms with Gasteiger partial charge in [0, 0.05) is 6.54 Å². The van der Waals surface area contributed by atoms with Crippen molar-refractivity contribution in [1.29, 1.82) is 0 Å². The zero-order chi connectivity index (χ0) is 27.5. The molecule has 0 unspecified atom stereocenters. The van der Waals surface area contributed by atoms with E-state index in [1.54, 1.807) is 0 Å². The average molecular weight is 563 g/mol. The minimum Gasteiger partial charge on any atom is -0.491 e. The molecule has 1 atom stereocenters. The van der Waals surface area contributed by atoms with Crippen LogP contribution in [0.4, 0.5) is 11.6 Å². The van der Waals surface area contributed by atoms with Crippen LogP contribution in [-0.2, 0) is 16.0 Å². The summed E-state index contributed by atoms with van der Waals surface area (Å²) < 4.78 is 11.2. The van der Waals surface area contributed by atoms with E-state index in [4.69, 9.17) is 44.0 Å². The van der Waals surface area contributed by atoms with Crippen molar-refractivity contribution in [2.45, 2.75) is 70.9 Å². The maximum Gasteiger partial charge on any atom is 0.326 e. The van der Waals surface area contributed by atoms with Gasteiger partial charge in [-0.15, -0.1) is 0 Å². The number of ether oxygens (including phenoxy) is 2. The number of nitrogens with zero attached hydrogens (tertiary/aromatic N) is 3. The maximum absolute atomic E-state index is 12.2. The van der Waals surface area contributed by atoms with Gasteiger partial charge in [-0.05, 0) is 62.6 Å². The first-order chi connectivity index (χ1) is 18.2. The van der Waals surface area contributed by atoms with Gasteiger partial charge in [-0.3, -0.25) is 19.9 Å². The van der Waals surface area contributed by atoms with E-state index in [-0.39, 0.29) is 48.6 Å². The molecule has 1 aliphatic carbocycles. The second kappa shape index (κ2) is 15.7. The zero-order valence-corrected chi connectivity index (χ0v) is 22.0. The Kier molecular flexibility index (Phi) is 12.7. The fourth-order valence-electron chi connectivity index (χ4n) is 3.91. The van der Waals surface area contributed by atoms with Crippen LogP contribution in [0.3, 0.4) is 0 Å². The number of aliphatic imine (C=N–C) groups is 1. The number of guanidine groups is 1. The van der Waals surface area contributed by atoms with E-state index >= 15 is 0 Å². The smallest absolute Gasteiger partial charge is 0.326 e. The molecule has 0 spiro atoms. The number of hydrogen-bond donors (Lipinski definition) is 5. The molecule has 3 rings (SSSR count). The van der Waals surface area contributed by atoms with Gasteiger partial charge in [0.25, 0.3) is 5.91 Å². The number of aryl methyl sites for hydroxylation is 1. The fraction of sp³-hybridized carbons (Fsp3) is 0.500. The number of carbonyl (C=O) groups excluding carboxylic acids is 2. The van der Waals surface area contributed by atoms with Crippen molar-refractivity contribution >= 4 is 41.1 Å². The van der Waals surface area contributed by atoms with Crippen LogP contribution in [-0.4, -0.2) is 53.1 Å². The Morgan fingerprint density at radius 1 is 1.08 bits per heavy atom. The quantitative estimate of drug-likeness (QED) is 0.117. The molecule has 1 aromatic heterocycles. The molecule has 9 N–H and O–H groups in total. The molecule has 39 heavy (non-hydrogen) atoms. The van der Waals surface area contributed by atoms with Crippen LogP contribution in [0.1, 0.15) is 68.4 Å². The number of benzene rings is 1. The van der Waals surface area contributed by atoms with E-state index in [0.29, 0.717) is 12.3 Å². The molecule has 12 nitrogen and oxygen atoms in total. The molecule has 0 radical (unpaired) electrons. The van der Waals surface area contributed by atoms with Crippen molar-refractivity contribution in [3.05, 3.63) is 40.7 Å². The van der Waals surface area contributed by atoms with Crippen LogP contribution in [0.15, 0.2) is 29.3 Å². The van der Waals surface area contributed by atoms with Gasteiger partial charge in [0.1, 0.15) is 24.5 Å². The Morgan fingerprint density at radius 3 is 2.46 bits per heavy atom. The molecule has 0 saturated heterocycles. The van der Waals surface area contributed by atoms with E-state index in [1.807, 2.05) is 24.3 Å². The van der Waals surface area contributed by atoms with E-state index < -0.39 is 17.9 Å². The second-order valence-electron chi connectivity index (χ2n) is 9.07. The number of nitrogen functional groups attached to an aromatic ring is 2. The Labute approximate surface area is 233 Å². The predicted molar refractivity (Wildman–Crippen MR) is 152 cm³/mol. The summed E-state index contributed by atoms with van der Waals surface area (Å²) in [4.78, 5) is 36.1. The lowest BCUT2D eigenvalue weighted by molar-refractivity contribution is -0.152. The minimum absolute atomic E-state index is 0. The topological polar surface area (TPSA) is 207 Å². The van der Waals surface area contributed by atoms with Crippen molar-refractivity contribution in [3.8, 4) is 5.75 Å². The van der Waals surface area contributed by atoms with Crippen molar-refractivity contribution in [1.82, 2.24) is 15.3 Å². The number of unbranched alkanes of at least 4 members (excludes halogenated alkanes) is 1. The third-order valence-electron chi connectivity index (χ3n) is 6.01. The first-order valence-electron chi connectivity index (χ1n) is 12.6. The van der Waals surface area contributed by atoms with Crippen molar-refractivity contribution in [3.63, 3.8) is 0 Å². The molecular formula is C26H39ClN8O4. The van der Waals surface area contributed by atoms with Gasteiger partial charge < -0.3 is 32.4 Å². The number of rotatable bonds is 11. The van der Waals surface area contributed by atoms with Gasteiger partial charge in [0.15, 0.2) is 28.4 Å². The van der Waals surface area contributed by atoms with Crippen LogP contribution in [0.5, 0.6) is 5.75 Å². The average Bonchev–Trinajstić information content (AvgIpc) is 2.90. The lowest BCUT2D eigenvalue weighted by Gasteiger charge is -2.23. The number of hydrogen-bond acceptors (Lipinski definition) is 10. The molecule has 2 aromatic rings. The van der Waals surface area contributed by atoms with Gasteiger partial charge >= 0.3 is 5.97 Å². The standard InChI is InChI=1S/C25H35ClN8O4.CH4/c26-20-22(29)33-21(28)19(32-20)23(35)34-25(30)31-13-5-4-6-15-9-11-16(12-10-15)37-14-18(27)24(36)38-17-7-2-1-3-8-17;/h9-12,17-18H,1-8,13-14,27H2,(H4,28,29,33)(H3,30,31,34,35);1H4/t18-;/m0./s1. The second-order valence-corrected chi connectivity index (χ2v) is 9.43. The molecule has 1 fully saturated rings. The summed E-state index contributed by atoms with van der Waals surface area (Å²) in [5.41, 5.74) is 23.8. The predicted octanol–water partition coefficient (Wildman–Crippen LogP) is 2.58. The molecule has 1 aliphatic rings. The SMILES string of the molecule is C.NC(=NCCCCc1ccc(OC[C@H](N)C(=O)OC2CCCCC2)cc1)NC(=O)c1nc(Cl)c(N)nc1N. The highest BCUT2D eigenvalue weighted by molar-refractivity contribution is 6.31. The number of nitrogens with two attached hydrogens (primary N) is 4. The lowest BCUT2D eigenvalue weighted by atomic mass is 9.98. The summed E-state index contributed by atoms with van der Waals surface area (Å²) in [6.07, 6.45) is 7.58. The van der Waals surface area contributed by atoms with Gasteiger partial charge in [0.2, 0.25) is 0 Å². The van der Waals surface area contributed by atoms with E-state index in [1.165, 1.54) is 6.42 Å². The Hall–Kier alpha value is -3.64. The molecule has 1 aromatic carbocycles. The molecule has 214 valence electrons. The monoisotopic (exact) mass is 562 g/mol. The van der Waals surface area contributed by atoms with Crippen LogP contribution in [0, 0.1) is 0 Å². The molecule has 0 aliphatic heterocycles. The van der Waals surface area contributed by atoms with Gasteiger partial charge in [0.05, 0.1) is 0 Å². The fourth-order valence-corrected chi connectivity index (χ4v) is 4.03. The highest BCUT2D eigenvalue weighted by atomic mass is 35.5. The summed E-state index contributed by atoms with van der Waals surface area (Å²) in [6, 6.07) is 6.80. The minimum atomic E-state index is -0.816. The normalized spacial score (nSPS) is 14.7. The number of anilines is 2. The third kappa shape index (κ3) is 10.2. The number of aromatic nitrogens is 2. The molecule has 1 amide bonds. The zero-order valence-electron chi connectivity index (χ0n) is 21.2. The summed E-state index contributed by atoms with van der Waals surface area (Å²) in [6.45, 7) is 0.483. The molecule has 1 heterocycles. The van der Waals surface area contributed by atoms with Gasteiger partial charge in [-0.2, -0.15) is 0 Å². The summed E-state index contributed by atoms with van der Waals surface area (Å²) in [5, 5.41) is 2.27. The molecule has 13 heteroatoms. The van der Waals surface area contributed by atoms with Crippen LogP contribution < -0.4 is 33.0 Å². The summed E-state index contributed by atoms with van der Waals surface area (Å²) in [7, 11) is 0. The molecular weight excluding hydrogens is 524 g/mol. The summed E-state index contributed by atoms with van der Waals surface area (Å²) >= 11 is 5.79.